The molecule has 6 nitrogen and oxygen atoms in total. The first-order chi connectivity index (χ1) is 11.1. The molecule has 2 rings (SSSR count). The van der Waals surface area contributed by atoms with Crippen LogP contribution in [0.3, 0.4) is 0 Å². The number of rotatable bonds is 4. The summed E-state index contributed by atoms with van der Waals surface area (Å²) in [6.07, 6.45) is 0. The van der Waals surface area contributed by atoms with Crippen molar-refractivity contribution in [1.29, 1.82) is 0 Å². The maximum Gasteiger partial charge on any atom is 0.243 e. The Balaban J connectivity index is 0.00000288. The number of benzene rings is 1. The number of carbonyl (C=O) groups is 1. The summed E-state index contributed by atoms with van der Waals surface area (Å²) in [4.78, 5) is 22.4. The highest BCUT2D eigenvalue weighted by Gasteiger charge is 2.20. The largest absolute Gasteiger partial charge is 0.368 e. The topological polar surface area (TPSA) is 51.2 Å². The average Bonchev–Trinajstić information content (AvgIpc) is 2.59. The minimum absolute atomic E-state index is 0. The molecule has 1 amide bonds. The molecule has 1 aliphatic rings. The quantitative estimate of drug-likeness (QED) is 0.434. The van der Waals surface area contributed by atoms with Crippen LogP contribution in [0.1, 0.15) is 6.92 Å². The van der Waals surface area contributed by atoms with E-state index in [0.717, 1.165) is 38.7 Å². The number of carbonyl (C=O) groups excluding carboxylic acids is 1. The van der Waals surface area contributed by atoms with Crippen LogP contribution >= 0.6 is 24.0 Å². The smallest absolute Gasteiger partial charge is 0.243 e. The van der Waals surface area contributed by atoms with Crippen molar-refractivity contribution in [1.82, 2.24) is 15.1 Å². The van der Waals surface area contributed by atoms with Crippen molar-refractivity contribution in [3.05, 3.63) is 30.3 Å². The molecule has 1 aliphatic heterocycles. The third-order valence-electron chi connectivity index (χ3n) is 3.90. The predicted octanol–water partition coefficient (Wildman–Crippen LogP) is 1.48. The molecule has 1 aromatic rings. The van der Waals surface area contributed by atoms with Crippen LogP contribution < -0.4 is 10.2 Å². The Hall–Kier alpha value is -1.51. The lowest BCUT2D eigenvalue weighted by Gasteiger charge is -2.37. The summed E-state index contributed by atoms with van der Waals surface area (Å²) >= 11 is 0. The van der Waals surface area contributed by atoms with E-state index in [1.165, 1.54) is 5.69 Å². The second kappa shape index (κ2) is 10.4. The van der Waals surface area contributed by atoms with E-state index >= 15 is 0 Å². The molecular weight excluding hydrogens is 417 g/mol. The molecule has 7 heteroatoms. The normalized spacial score (nSPS) is 14.9. The molecule has 1 saturated heterocycles. The Bertz CT molecular complexity index is 527. The first-order valence-corrected chi connectivity index (χ1v) is 8.15. The van der Waals surface area contributed by atoms with Crippen molar-refractivity contribution in [2.24, 2.45) is 4.99 Å². The van der Waals surface area contributed by atoms with Gasteiger partial charge in [-0.2, -0.15) is 0 Å². The Labute approximate surface area is 161 Å². The highest BCUT2D eigenvalue weighted by Crippen LogP contribution is 2.15. The number of nitrogens with one attached hydrogen (secondary N) is 1. The van der Waals surface area contributed by atoms with Gasteiger partial charge < -0.3 is 20.0 Å². The van der Waals surface area contributed by atoms with Crippen LogP contribution in [-0.4, -0.2) is 75.0 Å². The van der Waals surface area contributed by atoms with Gasteiger partial charge in [0.25, 0.3) is 0 Å². The van der Waals surface area contributed by atoms with Gasteiger partial charge in [-0.1, -0.05) is 18.2 Å². The van der Waals surface area contributed by atoms with Crippen LogP contribution in [0.25, 0.3) is 0 Å². The van der Waals surface area contributed by atoms with Gasteiger partial charge in [-0.15, -0.1) is 24.0 Å². The zero-order chi connectivity index (χ0) is 16.7. The van der Waals surface area contributed by atoms with Crippen LogP contribution in [0.15, 0.2) is 35.3 Å². The summed E-state index contributed by atoms with van der Waals surface area (Å²) in [6.45, 7) is 6.74. The van der Waals surface area contributed by atoms with Gasteiger partial charge in [-0.3, -0.25) is 4.79 Å². The van der Waals surface area contributed by atoms with E-state index in [2.05, 4.69) is 44.4 Å². The molecule has 1 fully saturated rings. The SMILES string of the molecule is CCNC(=NCC(=O)N(C)C)N1CCN(c2ccccc2)CC1.I. The molecule has 0 aliphatic carbocycles. The van der Waals surface area contributed by atoms with Crippen molar-refractivity contribution in [3.8, 4) is 0 Å². The van der Waals surface area contributed by atoms with E-state index in [-0.39, 0.29) is 36.4 Å². The van der Waals surface area contributed by atoms with Crippen molar-refractivity contribution in [3.63, 3.8) is 0 Å². The molecule has 1 N–H and O–H groups in total. The molecule has 0 aromatic heterocycles. The number of guanidine groups is 1. The van der Waals surface area contributed by atoms with E-state index in [1.807, 2.05) is 13.0 Å². The maximum absolute atomic E-state index is 11.7. The lowest BCUT2D eigenvalue weighted by Crippen LogP contribution is -2.52. The summed E-state index contributed by atoms with van der Waals surface area (Å²) in [5.41, 5.74) is 1.26. The Kier molecular flexibility index (Phi) is 8.88. The van der Waals surface area contributed by atoms with E-state index in [4.69, 9.17) is 0 Å². The lowest BCUT2D eigenvalue weighted by atomic mass is 10.2. The van der Waals surface area contributed by atoms with Crippen LogP contribution in [0.2, 0.25) is 0 Å². The number of piperazine rings is 1. The van der Waals surface area contributed by atoms with E-state index in [1.54, 1.807) is 19.0 Å². The lowest BCUT2D eigenvalue weighted by molar-refractivity contribution is -0.127. The van der Waals surface area contributed by atoms with Crippen molar-refractivity contribution < 1.29 is 4.79 Å². The number of amides is 1. The van der Waals surface area contributed by atoms with E-state index in [9.17, 15) is 4.79 Å². The summed E-state index contributed by atoms with van der Waals surface area (Å²) in [6, 6.07) is 10.5. The number of para-hydroxylation sites is 1. The monoisotopic (exact) mass is 445 g/mol. The Morgan fingerprint density at radius 1 is 1.17 bits per heavy atom. The second-order valence-electron chi connectivity index (χ2n) is 5.77. The third kappa shape index (κ3) is 5.85. The molecular formula is C17H28IN5O. The highest BCUT2D eigenvalue weighted by molar-refractivity contribution is 14.0. The molecule has 0 spiro atoms. The van der Waals surface area contributed by atoms with Crippen LogP contribution in [0.5, 0.6) is 0 Å². The van der Waals surface area contributed by atoms with Crippen LogP contribution in [0, 0.1) is 0 Å². The maximum atomic E-state index is 11.7. The van der Waals surface area contributed by atoms with Gasteiger partial charge >= 0.3 is 0 Å². The fourth-order valence-electron chi connectivity index (χ4n) is 2.53. The summed E-state index contributed by atoms with van der Waals surface area (Å²) < 4.78 is 0. The first-order valence-electron chi connectivity index (χ1n) is 8.15. The number of hydrogen-bond donors (Lipinski definition) is 1. The fourth-order valence-corrected chi connectivity index (χ4v) is 2.53. The standard InChI is InChI=1S/C17H27N5O.HI/c1-4-18-17(19-14-16(23)20(2)3)22-12-10-21(11-13-22)15-8-6-5-7-9-15;/h5-9H,4,10-14H2,1-3H3,(H,18,19);1H. The van der Waals surface area contributed by atoms with Gasteiger partial charge in [0, 0.05) is 52.5 Å². The predicted molar refractivity (Wildman–Crippen MR) is 110 cm³/mol. The molecule has 134 valence electrons. The minimum Gasteiger partial charge on any atom is -0.368 e. The number of hydrogen-bond acceptors (Lipinski definition) is 3. The average molecular weight is 445 g/mol. The van der Waals surface area contributed by atoms with Crippen LogP contribution in [-0.2, 0) is 4.79 Å². The summed E-state index contributed by atoms with van der Waals surface area (Å²) in [5, 5.41) is 3.29. The zero-order valence-electron chi connectivity index (χ0n) is 14.7. The van der Waals surface area contributed by atoms with Gasteiger partial charge in [0.05, 0.1) is 0 Å². The Morgan fingerprint density at radius 3 is 2.33 bits per heavy atom. The Morgan fingerprint density at radius 2 is 1.79 bits per heavy atom. The molecule has 24 heavy (non-hydrogen) atoms. The van der Waals surface area contributed by atoms with Gasteiger partial charge in [0.2, 0.25) is 5.91 Å². The minimum atomic E-state index is 0. The number of anilines is 1. The first kappa shape index (κ1) is 20.5. The number of halogens is 1. The van der Waals surface area contributed by atoms with Crippen LogP contribution in [0.4, 0.5) is 5.69 Å². The molecule has 0 unspecified atom stereocenters. The van der Waals surface area contributed by atoms with Crippen molar-refractivity contribution in [2.75, 3.05) is 58.3 Å². The number of likely N-dealkylation sites (N-methyl/N-ethyl adjacent to an activating group) is 1. The molecule has 1 heterocycles. The van der Waals surface area contributed by atoms with Gasteiger partial charge in [0.15, 0.2) is 5.96 Å². The van der Waals surface area contributed by atoms with E-state index < -0.39 is 0 Å². The van der Waals surface area contributed by atoms with Gasteiger partial charge in [0.1, 0.15) is 6.54 Å². The summed E-state index contributed by atoms with van der Waals surface area (Å²) in [5.74, 6) is 0.846. The molecule has 0 saturated carbocycles. The molecule has 0 atom stereocenters. The van der Waals surface area contributed by atoms with Crippen molar-refractivity contribution >= 4 is 41.5 Å². The highest BCUT2D eigenvalue weighted by atomic mass is 127. The zero-order valence-corrected chi connectivity index (χ0v) is 17.1. The molecule has 0 radical (unpaired) electrons. The fraction of sp³-hybridized carbons (Fsp3) is 0.529. The summed E-state index contributed by atoms with van der Waals surface area (Å²) in [7, 11) is 3.51. The third-order valence-corrected chi connectivity index (χ3v) is 3.90. The van der Waals surface area contributed by atoms with Gasteiger partial charge in [-0.25, -0.2) is 4.99 Å². The van der Waals surface area contributed by atoms with Crippen molar-refractivity contribution in [2.45, 2.75) is 6.92 Å². The number of nitrogens with zero attached hydrogens (tertiary/aromatic N) is 4. The van der Waals surface area contributed by atoms with E-state index in [0.29, 0.717) is 0 Å². The molecule has 0 bridgehead atoms. The number of aliphatic imine (C=N–C) groups is 1. The second-order valence-corrected chi connectivity index (χ2v) is 5.77. The van der Waals surface area contributed by atoms with Gasteiger partial charge in [-0.05, 0) is 19.1 Å². The molecule has 1 aromatic carbocycles.